The summed E-state index contributed by atoms with van der Waals surface area (Å²) < 4.78 is 34.2. The smallest absolute Gasteiger partial charge is 0.324 e. The molecule has 0 bridgehead atoms. The number of hydrogen-bond donors (Lipinski definition) is 0. The minimum Gasteiger partial charge on any atom is -0.494 e. The molecule has 1 aromatic heterocycles. The van der Waals surface area contributed by atoms with Gasteiger partial charge in [-0.05, 0) is 74.6 Å². The van der Waals surface area contributed by atoms with Crippen molar-refractivity contribution in [1.29, 1.82) is 0 Å². The fourth-order valence-corrected chi connectivity index (χ4v) is 5.11. The first kappa shape index (κ1) is 21.8. The largest absolute Gasteiger partial charge is 0.494 e. The number of ketones is 1. The van der Waals surface area contributed by atoms with Gasteiger partial charge in [-0.15, -0.1) is 0 Å². The van der Waals surface area contributed by atoms with E-state index >= 15 is 0 Å². The Bertz CT molecular complexity index is 1010. The highest BCUT2D eigenvalue weighted by molar-refractivity contribution is 7.90. The van der Waals surface area contributed by atoms with Crippen molar-refractivity contribution in [3.63, 3.8) is 0 Å². The molecule has 31 heavy (non-hydrogen) atoms. The number of carbonyl (C=O) groups excluding carboxylic acids is 1. The summed E-state index contributed by atoms with van der Waals surface area (Å²) in [6.07, 6.45) is 5.92. The first-order valence-corrected chi connectivity index (χ1v) is 12.7. The highest BCUT2D eigenvalue weighted by Gasteiger charge is 2.43. The molecule has 1 aliphatic heterocycles. The van der Waals surface area contributed by atoms with E-state index in [1.54, 1.807) is 24.3 Å². The third-order valence-electron chi connectivity index (χ3n) is 6.27. The van der Waals surface area contributed by atoms with Gasteiger partial charge < -0.3 is 14.2 Å². The molecule has 0 N–H and O–H groups in total. The highest BCUT2D eigenvalue weighted by atomic mass is 32.2. The number of anilines is 1. The Morgan fingerprint density at radius 1 is 1.23 bits per heavy atom. The van der Waals surface area contributed by atoms with Crippen LogP contribution in [0.3, 0.4) is 0 Å². The number of hydrogen-bond acceptors (Lipinski definition) is 8. The van der Waals surface area contributed by atoms with Crippen LogP contribution in [0.2, 0.25) is 0 Å². The van der Waals surface area contributed by atoms with Crippen molar-refractivity contribution in [2.24, 2.45) is 17.8 Å². The van der Waals surface area contributed by atoms with Gasteiger partial charge in [0.05, 0.1) is 17.9 Å². The number of nitrogens with zero attached hydrogens (tertiary/aromatic N) is 3. The van der Waals surface area contributed by atoms with Crippen molar-refractivity contribution in [3.8, 4) is 5.75 Å². The molecule has 1 saturated carbocycles. The van der Waals surface area contributed by atoms with Crippen molar-refractivity contribution in [2.75, 3.05) is 30.9 Å². The van der Waals surface area contributed by atoms with E-state index < -0.39 is 9.84 Å². The topological polar surface area (TPSA) is 103 Å². The Labute approximate surface area is 182 Å². The molecular weight excluding hydrogens is 418 g/mol. The molecule has 2 atom stereocenters. The van der Waals surface area contributed by atoms with Crippen LogP contribution < -0.4 is 9.64 Å². The molecule has 0 unspecified atom stereocenters. The highest BCUT2D eigenvalue weighted by Crippen LogP contribution is 2.49. The first-order valence-electron chi connectivity index (χ1n) is 10.8. The summed E-state index contributed by atoms with van der Waals surface area (Å²) in [5.74, 6) is 3.38. The van der Waals surface area contributed by atoms with Crippen molar-refractivity contribution in [3.05, 3.63) is 30.1 Å². The van der Waals surface area contributed by atoms with Gasteiger partial charge in [-0.3, -0.25) is 4.79 Å². The molecule has 1 aliphatic carbocycles. The van der Waals surface area contributed by atoms with Crippen LogP contribution in [0.1, 0.15) is 38.4 Å². The molecular formula is C22H29N3O5S. The summed E-state index contributed by atoms with van der Waals surface area (Å²) >= 11 is 0. The van der Waals surface area contributed by atoms with Gasteiger partial charge in [-0.25, -0.2) is 8.42 Å². The van der Waals surface area contributed by atoms with Gasteiger partial charge in [0.1, 0.15) is 11.5 Å². The van der Waals surface area contributed by atoms with Crippen LogP contribution in [0, 0.1) is 17.8 Å². The number of aromatic nitrogens is 2. The molecule has 2 heterocycles. The zero-order chi connectivity index (χ0) is 22.0. The van der Waals surface area contributed by atoms with Crippen LogP contribution in [-0.4, -0.2) is 50.3 Å². The van der Waals surface area contributed by atoms with E-state index in [1.807, 2.05) is 0 Å². The minimum absolute atomic E-state index is 0.0285. The lowest BCUT2D eigenvalue weighted by molar-refractivity contribution is -0.116. The lowest BCUT2D eigenvalue weighted by Gasteiger charge is -2.30. The number of benzene rings is 1. The average Bonchev–Trinajstić information content (AvgIpc) is 3.35. The zero-order valence-corrected chi connectivity index (χ0v) is 18.8. The summed E-state index contributed by atoms with van der Waals surface area (Å²) in [5, 5.41) is 3.89. The van der Waals surface area contributed by atoms with Crippen LogP contribution in [0.25, 0.3) is 0 Å². The van der Waals surface area contributed by atoms with Crippen molar-refractivity contribution in [1.82, 2.24) is 10.1 Å². The second-order valence-electron chi connectivity index (χ2n) is 8.74. The molecule has 9 heteroatoms. The van der Waals surface area contributed by atoms with Crippen LogP contribution >= 0.6 is 0 Å². The van der Waals surface area contributed by atoms with Crippen molar-refractivity contribution in [2.45, 2.75) is 43.9 Å². The SMILES string of the molecule is CC(=O)Cc1noc(N2CCC([C@H]3C[C@H]3CCOc3ccc(S(C)(=O)=O)cc3)CC2)n1. The van der Waals surface area contributed by atoms with Gasteiger partial charge in [-0.2, -0.15) is 4.98 Å². The maximum Gasteiger partial charge on any atom is 0.324 e. The average molecular weight is 448 g/mol. The van der Waals surface area contributed by atoms with Crippen molar-refractivity contribution >= 4 is 21.6 Å². The predicted molar refractivity (Wildman–Crippen MR) is 115 cm³/mol. The summed E-state index contributed by atoms with van der Waals surface area (Å²) in [6, 6.07) is 7.14. The van der Waals surface area contributed by atoms with Crippen LogP contribution in [0.15, 0.2) is 33.7 Å². The summed E-state index contributed by atoms with van der Waals surface area (Å²) in [7, 11) is -3.17. The Balaban J connectivity index is 1.17. The summed E-state index contributed by atoms with van der Waals surface area (Å²) in [4.78, 5) is 18.0. The van der Waals surface area contributed by atoms with E-state index in [4.69, 9.17) is 9.26 Å². The number of rotatable bonds is 9. The fourth-order valence-electron chi connectivity index (χ4n) is 4.48. The Hall–Kier alpha value is -2.42. The fraction of sp³-hybridized carbons (Fsp3) is 0.591. The van der Waals surface area contributed by atoms with Gasteiger partial charge in [0.15, 0.2) is 15.7 Å². The van der Waals surface area contributed by atoms with Crippen LogP contribution in [0.5, 0.6) is 5.75 Å². The number of piperidine rings is 1. The number of Topliss-reactive ketones (excluding diaryl/α,β-unsaturated/α-hetero) is 1. The van der Waals surface area contributed by atoms with Gasteiger partial charge in [0.25, 0.3) is 0 Å². The molecule has 1 aromatic carbocycles. The van der Waals surface area contributed by atoms with E-state index in [9.17, 15) is 13.2 Å². The van der Waals surface area contributed by atoms with Gasteiger partial charge >= 0.3 is 6.01 Å². The van der Waals surface area contributed by atoms with E-state index in [-0.39, 0.29) is 12.2 Å². The van der Waals surface area contributed by atoms with E-state index in [2.05, 4.69) is 15.0 Å². The number of sulfone groups is 1. The Kier molecular flexibility index (Phi) is 6.31. The molecule has 4 rings (SSSR count). The zero-order valence-electron chi connectivity index (χ0n) is 18.0. The summed E-state index contributed by atoms with van der Waals surface area (Å²) in [6.45, 7) is 3.98. The van der Waals surface area contributed by atoms with Gasteiger partial charge in [-0.1, -0.05) is 5.16 Å². The molecule has 1 saturated heterocycles. The van der Waals surface area contributed by atoms with Crippen LogP contribution in [-0.2, 0) is 21.1 Å². The Morgan fingerprint density at radius 2 is 1.94 bits per heavy atom. The predicted octanol–water partition coefficient (Wildman–Crippen LogP) is 2.93. The third-order valence-corrected chi connectivity index (χ3v) is 7.40. The second-order valence-corrected chi connectivity index (χ2v) is 10.8. The molecule has 0 amide bonds. The quantitative estimate of drug-likeness (QED) is 0.578. The second kappa shape index (κ2) is 8.98. The van der Waals surface area contributed by atoms with E-state index in [1.165, 1.54) is 19.6 Å². The normalized spacial score (nSPS) is 21.8. The molecule has 2 aromatic rings. The molecule has 0 radical (unpaired) electrons. The van der Waals surface area contributed by atoms with E-state index in [0.29, 0.717) is 35.0 Å². The molecule has 2 fully saturated rings. The standard InChI is InChI=1S/C22H29N3O5S/c1-15(26)13-21-23-22(30-24-21)25-10-7-16(8-11-25)20-14-17(20)9-12-29-18-3-5-19(6-4-18)31(2,27)28/h3-6,16-17,20H,7-14H2,1-2H3/t17-,20-/m1/s1. The maximum absolute atomic E-state index is 11.5. The number of ether oxygens (including phenoxy) is 1. The van der Waals surface area contributed by atoms with E-state index in [0.717, 1.165) is 44.2 Å². The van der Waals surface area contributed by atoms with Gasteiger partial charge in [0, 0.05) is 19.3 Å². The third kappa shape index (κ3) is 5.64. The molecule has 0 spiro atoms. The lowest BCUT2D eigenvalue weighted by Crippen LogP contribution is -2.34. The van der Waals surface area contributed by atoms with Crippen LogP contribution in [0.4, 0.5) is 6.01 Å². The maximum atomic E-state index is 11.5. The lowest BCUT2D eigenvalue weighted by atomic mass is 9.90. The monoisotopic (exact) mass is 447 g/mol. The molecule has 8 nitrogen and oxygen atoms in total. The molecule has 2 aliphatic rings. The van der Waals surface area contributed by atoms with Crippen molar-refractivity contribution < 1.29 is 22.5 Å². The first-order chi connectivity index (χ1) is 14.8. The number of carbonyl (C=O) groups is 1. The molecule has 168 valence electrons. The van der Waals surface area contributed by atoms with Gasteiger partial charge in [0.2, 0.25) is 0 Å². The minimum atomic E-state index is -3.17. The summed E-state index contributed by atoms with van der Waals surface area (Å²) in [5.41, 5.74) is 0. The Morgan fingerprint density at radius 3 is 2.58 bits per heavy atom.